The van der Waals surface area contributed by atoms with Crippen molar-refractivity contribution in [1.82, 2.24) is 14.5 Å². The van der Waals surface area contributed by atoms with E-state index in [9.17, 15) is 0 Å². The molecule has 1 aliphatic heterocycles. The summed E-state index contributed by atoms with van der Waals surface area (Å²) in [5, 5.41) is 0.743. The summed E-state index contributed by atoms with van der Waals surface area (Å²) in [6, 6.07) is 18.6. The Morgan fingerprint density at radius 1 is 0.923 bits per heavy atom. The molecule has 1 fully saturated rings. The first-order valence-corrected chi connectivity index (χ1v) is 9.48. The number of benzene rings is 2. The molecule has 0 aliphatic carbocycles. The van der Waals surface area contributed by atoms with E-state index in [1.165, 1.54) is 5.56 Å². The van der Waals surface area contributed by atoms with Crippen LogP contribution in [0.25, 0.3) is 5.69 Å². The Kier molecular flexibility index (Phi) is 5.23. The van der Waals surface area contributed by atoms with Gasteiger partial charge in [-0.1, -0.05) is 48.0 Å². The topological polar surface area (TPSA) is 24.3 Å². The molecule has 0 saturated carbocycles. The van der Waals surface area contributed by atoms with Crippen LogP contribution in [0.5, 0.6) is 0 Å². The Bertz CT molecular complexity index is 838. The molecule has 1 aliphatic rings. The molecule has 0 amide bonds. The zero-order valence-electron chi connectivity index (χ0n) is 14.8. The molecule has 0 unspecified atom stereocenters. The highest BCUT2D eigenvalue weighted by Crippen LogP contribution is 2.22. The molecule has 0 bridgehead atoms. The van der Waals surface area contributed by atoms with Gasteiger partial charge in [0.15, 0.2) is 0 Å². The minimum Gasteiger partial charge on any atom is -0.339 e. The Morgan fingerprint density at radius 2 is 1.73 bits per heavy atom. The molecule has 1 aromatic heterocycles. The summed E-state index contributed by atoms with van der Waals surface area (Å²) in [6.45, 7) is 5.23. The summed E-state index contributed by atoms with van der Waals surface area (Å²) >= 11 is 6.15. The lowest BCUT2D eigenvalue weighted by atomic mass is 10.1. The van der Waals surface area contributed by atoms with Gasteiger partial charge in [0.25, 0.3) is 0 Å². The molecule has 26 heavy (non-hydrogen) atoms. The lowest BCUT2D eigenvalue weighted by Crippen LogP contribution is -2.47. The van der Waals surface area contributed by atoms with Crippen LogP contribution in [-0.2, 0) is 6.42 Å². The summed E-state index contributed by atoms with van der Waals surface area (Å²) in [7, 11) is 0. The first-order valence-electron chi connectivity index (χ1n) is 9.10. The van der Waals surface area contributed by atoms with Crippen molar-refractivity contribution in [2.24, 2.45) is 0 Å². The van der Waals surface area contributed by atoms with Crippen LogP contribution in [0.1, 0.15) is 5.56 Å². The highest BCUT2D eigenvalue weighted by Gasteiger charge is 2.20. The summed E-state index contributed by atoms with van der Waals surface area (Å²) in [4.78, 5) is 9.49. The predicted octanol–water partition coefficient (Wildman–Crippen LogP) is 3.89. The van der Waals surface area contributed by atoms with E-state index in [2.05, 4.69) is 55.7 Å². The van der Waals surface area contributed by atoms with Crippen LogP contribution >= 0.6 is 11.6 Å². The average molecular weight is 367 g/mol. The van der Waals surface area contributed by atoms with Gasteiger partial charge < -0.3 is 4.90 Å². The molecule has 4 rings (SSSR count). The molecule has 5 heteroatoms. The standard InChI is InChI=1S/C21H23ClN4/c22-19-7-4-8-20(17-19)26-12-10-23-21(26)25-15-13-24(14-16-25)11-9-18-5-2-1-3-6-18/h1-8,10,12,17H,9,11,13-16H2. The fourth-order valence-electron chi connectivity index (χ4n) is 3.46. The van der Waals surface area contributed by atoms with Crippen LogP contribution in [0.2, 0.25) is 5.02 Å². The second kappa shape index (κ2) is 7.94. The van der Waals surface area contributed by atoms with Gasteiger partial charge in [-0.25, -0.2) is 4.98 Å². The van der Waals surface area contributed by atoms with Gasteiger partial charge in [0.1, 0.15) is 0 Å². The number of anilines is 1. The number of hydrogen-bond acceptors (Lipinski definition) is 3. The summed E-state index contributed by atoms with van der Waals surface area (Å²) in [5.74, 6) is 0.995. The van der Waals surface area contributed by atoms with E-state index in [1.807, 2.05) is 30.6 Å². The molecule has 1 saturated heterocycles. The minimum atomic E-state index is 0.743. The number of rotatable bonds is 5. The maximum absolute atomic E-state index is 6.15. The number of aromatic nitrogens is 2. The van der Waals surface area contributed by atoms with E-state index >= 15 is 0 Å². The maximum Gasteiger partial charge on any atom is 0.210 e. The van der Waals surface area contributed by atoms with Crippen molar-refractivity contribution in [2.45, 2.75) is 6.42 Å². The van der Waals surface area contributed by atoms with Crippen LogP contribution in [-0.4, -0.2) is 47.2 Å². The van der Waals surface area contributed by atoms with Gasteiger partial charge in [0.2, 0.25) is 5.95 Å². The lowest BCUT2D eigenvalue weighted by Gasteiger charge is -2.35. The normalized spacial score (nSPS) is 15.3. The molecule has 0 radical (unpaired) electrons. The third-order valence-corrected chi connectivity index (χ3v) is 5.16. The summed E-state index contributed by atoms with van der Waals surface area (Å²) < 4.78 is 2.12. The fourth-order valence-corrected chi connectivity index (χ4v) is 3.64. The van der Waals surface area contributed by atoms with Crippen molar-refractivity contribution in [3.05, 3.63) is 77.6 Å². The molecule has 134 valence electrons. The zero-order chi connectivity index (χ0) is 17.8. The van der Waals surface area contributed by atoms with Crippen LogP contribution in [0, 0.1) is 0 Å². The van der Waals surface area contributed by atoms with E-state index in [-0.39, 0.29) is 0 Å². The molecule has 2 heterocycles. The number of halogens is 1. The maximum atomic E-state index is 6.15. The van der Waals surface area contributed by atoms with E-state index in [4.69, 9.17) is 11.6 Å². The largest absolute Gasteiger partial charge is 0.339 e. The van der Waals surface area contributed by atoms with Gasteiger partial charge >= 0.3 is 0 Å². The second-order valence-corrected chi connectivity index (χ2v) is 7.08. The van der Waals surface area contributed by atoms with Gasteiger partial charge in [-0.15, -0.1) is 0 Å². The monoisotopic (exact) mass is 366 g/mol. The fraction of sp³-hybridized carbons (Fsp3) is 0.286. The zero-order valence-corrected chi connectivity index (χ0v) is 15.5. The molecule has 3 aromatic rings. The molecule has 0 N–H and O–H groups in total. The lowest BCUT2D eigenvalue weighted by molar-refractivity contribution is 0.259. The molecular formula is C21H23ClN4. The van der Waals surface area contributed by atoms with Crippen molar-refractivity contribution in [3.63, 3.8) is 0 Å². The Labute approximate surface area is 159 Å². The van der Waals surface area contributed by atoms with Gasteiger partial charge in [0, 0.05) is 55.8 Å². The predicted molar refractivity (Wildman–Crippen MR) is 107 cm³/mol. The van der Waals surface area contributed by atoms with E-state index < -0.39 is 0 Å². The minimum absolute atomic E-state index is 0.743. The third-order valence-electron chi connectivity index (χ3n) is 4.92. The first kappa shape index (κ1) is 17.1. The smallest absolute Gasteiger partial charge is 0.210 e. The first-order chi connectivity index (χ1) is 12.8. The third kappa shape index (κ3) is 3.92. The van der Waals surface area contributed by atoms with Gasteiger partial charge in [-0.2, -0.15) is 0 Å². The quantitative estimate of drug-likeness (QED) is 0.684. The second-order valence-electron chi connectivity index (χ2n) is 6.64. The molecule has 0 spiro atoms. The van der Waals surface area contributed by atoms with E-state index in [0.717, 1.165) is 55.8 Å². The van der Waals surface area contributed by atoms with Gasteiger partial charge in [-0.3, -0.25) is 9.47 Å². The molecule has 0 atom stereocenters. The van der Waals surface area contributed by atoms with Crippen LogP contribution < -0.4 is 4.90 Å². The molecule has 4 nitrogen and oxygen atoms in total. The number of hydrogen-bond donors (Lipinski definition) is 0. The number of nitrogens with zero attached hydrogens (tertiary/aromatic N) is 4. The van der Waals surface area contributed by atoms with Crippen LogP contribution in [0.4, 0.5) is 5.95 Å². The van der Waals surface area contributed by atoms with Gasteiger partial charge in [-0.05, 0) is 30.2 Å². The van der Waals surface area contributed by atoms with E-state index in [0.29, 0.717) is 0 Å². The highest BCUT2D eigenvalue weighted by molar-refractivity contribution is 6.30. The van der Waals surface area contributed by atoms with Crippen molar-refractivity contribution >= 4 is 17.5 Å². The SMILES string of the molecule is Clc1cccc(-n2ccnc2N2CCN(CCc3ccccc3)CC2)c1. The number of imidazole rings is 1. The van der Waals surface area contributed by atoms with Crippen molar-refractivity contribution in [1.29, 1.82) is 0 Å². The summed E-state index contributed by atoms with van der Waals surface area (Å²) in [6.07, 6.45) is 4.97. The summed E-state index contributed by atoms with van der Waals surface area (Å²) in [5.41, 5.74) is 2.46. The Balaban J connectivity index is 1.37. The Hall–Kier alpha value is -2.30. The van der Waals surface area contributed by atoms with E-state index in [1.54, 1.807) is 0 Å². The van der Waals surface area contributed by atoms with Gasteiger partial charge in [0.05, 0.1) is 0 Å². The van der Waals surface area contributed by atoms with Crippen molar-refractivity contribution < 1.29 is 0 Å². The van der Waals surface area contributed by atoms with Crippen LogP contribution in [0.3, 0.4) is 0 Å². The molecular weight excluding hydrogens is 344 g/mol. The average Bonchev–Trinajstić information content (AvgIpc) is 3.17. The highest BCUT2D eigenvalue weighted by atomic mass is 35.5. The van der Waals surface area contributed by atoms with Crippen LogP contribution in [0.15, 0.2) is 67.0 Å². The number of piperazine rings is 1. The van der Waals surface area contributed by atoms with Crippen molar-refractivity contribution in [3.8, 4) is 5.69 Å². The van der Waals surface area contributed by atoms with Crippen molar-refractivity contribution in [2.75, 3.05) is 37.6 Å². The Morgan fingerprint density at radius 3 is 2.50 bits per heavy atom. The molecule has 2 aromatic carbocycles.